The molecule has 0 aromatic carbocycles. The third kappa shape index (κ3) is 5.44. The van der Waals surface area contributed by atoms with Crippen molar-refractivity contribution in [1.29, 1.82) is 0 Å². The van der Waals surface area contributed by atoms with Crippen molar-refractivity contribution in [3.8, 4) is 0 Å². The quantitative estimate of drug-likeness (QED) is 0.763. The summed E-state index contributed by atoms with van der Waals surface area (Å²) in [5, 5.41) is 3.88. The van der Waals surface area contributed by atoms with Gasteiger partial charge in [-0.05, 0) is 31.6 Å². The highest BCUT2D eigenvalue weighted by atomic mass is 35.5. The molecule has 0 spiro atoms. The number of halogens is 1. The van der Waals surface area contributed by atoms with Gasteiger partial charge in [0, 0.05) is 19.2 Å². The summed E-state index contributed by atoms with van der Waals surface area (Å²) in [5.74, 6) is 3.13. The molecule has 0 unspecified atom stereocenters. The summed E-state index contributed by atoms with van der Waals surface area (Å²) in [6.07, 6.45) is 6.68. The lowest BCUT2D eigenvalue weighted by molar-refractivity contribution is 0.128. The number of aromatic nitrogens is 2. The molecule has 118 valence electrons. The molecule has 0 saturated heterocycles. The fraction of sp³-hybridized carbons (Fsp3) is 0.750. The average Bonchev–Trinajstić information content (AvgIpc) is 2.51. The van der Waals surface area contributed by atoms with Crippen molar-refractivity contribution in [2.45, 2.75) is 52.6 Å². The van der Waals surface area contributed by atoms with E-state index in [0.717, 1.165) is 24.2 Å². The monoisotopic (exact) mass is 311 g/mol. The van der Waals surface area contributed by atoms with E-state index < -0.39 is 0 Å². The highest BCUT2D eigenvalue weighted by Crippen LogP contribution is 2.30. The molecule has 1 aromatic rings. The Morgan fingerprint density at radius 1 is 1.19 bits per heavy atom. The predicted molar refractivity (Wildman–Crippen MR) is 86.6 cm³/mol. The Bertz CT molecular complexity index is 434. The van der Waals surface area contributed by atoms with Gasteiger partial charge in [-0.25, -0.2) is 9.97 Å². The van der Waals surface area contributed by atoms with Gasteiger partial charge < -0.3 is 10.1 Å². The van der Waals surface area contributed by atoms with Gasteiger partial charge in [0.2, 0.25) is 0 Å². The molecule has 0 radical (unpaired) electrons. The fourth-order valence-electron chi connectivity index (χ4n) is 2.91. The molecule has 1 aromatic heterocycles. The summed E-state index contributed by atoms with van der Waals surface area (Å²) >= 11 is 6.04. The molecule has 21 heavy (non-hydrogen) atoms. The number of nitrogens with zero attached hydrogens (tertiary/aromatic N) is 2. The molecule has 1 fully saturated rings. The van der Waals surface area contributed by atoms with Gasteiger partial charge in [0.1, 0.15) is 17.6 Å². The summed E-state index contributed by atoms with van der Waals surface area (Å²) in [5.41, 5.74) is 0. The van der Waals surface area contributed by atoms with E-state index in [9.17, 15) is 0 Å². The number of rotatable bonds is 7. The molecule has 1 heterocycles. The normalized spacial score (nSPS) is 22.2. The van der Waals surface area contributed by atoms with Crippen molar-refractivity contribution in [3.63, 3.8) is 0 Å². The Hall–Kier alpha value is -0.870. The van der Waals surface area contributed by atoms with Crippen LogP contribution < -0.4 is 5.32 Å². The van der Waals surface area contributed by atoms with E-state index in [0.29, 0.717) is 24.2 Å². The van der Waals surface area contributed by atoms with Crippen molar-refractivity contribution in [2.75, 3.05) is 18.5 Å². The van der Waals surface area contributed by atoms with Crippen LogP contribution in [0, 0.1) is 11.8 Å². The lowest BCUT2D eigenvalue weighted by Crippen LogP contribution is -2.21. The van der Waals surface area contributed by atoms with Crippen LogP contribution in [-0.4, -0.2) is 23.1 Å². The Balaban J connectivity index is 1.84. The lowest BCUT2D eigenvalue weighted by Gasteiger charge is -2.28. The first-order chi connectivity index (χ1) is 10.2. The maximum absolute atomic E-state index is 6.04. The van der Waals surface area contributed by atoms with Crippen LogP contribution in [0.5, 0.6) is 0 Å². The van der Waals surface area contributed by atoms with Crippen molar-refractivity contribution in [2.24, 2.45) is 11.8 Å². The van der Waals surface area contributed by atoms with E-state index in [1.54, 1.807) is 6.07 Å². The first-order valence-corrected chi connectivity index (χ1v) is 8.44. The van der Waals surface area contributed by atoms with Gasteiger partial charge in [-0.2, -0.15) is 0 Å². The zero-order valence-corrected chi connectivity index (χ0v) is 13.8. The molecular formula is C16H26ClN3O. The molecule has 2 rings (SSSR count). The largest absolute Gasteiger partial charge is 0.374 e. The highest BCUT2D eigenvalue weighted by Gasteiger charge is 2.19. The number of hydrogen-bond acceptors (Lipinski definition) is 4. The molecular weight excluding hydrogens is 286 g/mol. The molecule has 1 aliphatic carbocycles. The van der Waals surface area contributed by atoms with Gasteiger partial charge in [0.25, 0.3) is 0 Å². The van der Waals surface area contributed by atoms with E-state index in [1.807, 2.05) is 6.92 Å². The molecule has 1 aliphatic rings. The van der Waals surface area contributed by atoms with Gasteiger partial charge in [-0.3, -0.25) is 0 Å². The van der Waals surface area contributed by atoms with Gasteiger partial charge in [0.05, 0.1) is 0 Å². The topological polar surface area (TPSA) is 47.0 Å². The summed E-state index contributed by atoms with van der Waals surface area (Å²) in [6.45, 7) is 6.28. The minimum Gasteiger partial charge on any atom is -0.374 e. The molecule has 4 nitrogen and oxygen atoms in total. The smallest absolute Gasteiger partial charge is 0.158 e. The van der Waals surface area contributed by atoms with Crippen LogP contribution >= 0.6 is 11.6 Å². The van der Waals surface area contributed by atoms with Crippen molar-refractivity contribution in [1.82, 2.24) is 9.97 Å². The van der Waals surface area contributed by atoms with Gasteiger partial charge >= 0.3 is 0 Å². The van der Waals surface area contributed by atoms with Crippen LogP contribution in [0.15, 0.2) is 6.07 Å². The molecule has 0 bridgehead atoms. The zero-order chi connectivity index (χ0) is 15.1. The van der Waals surface area contributed by atoms with Gasteiger partial charge in [-0.15, -0.1) is 0 Å². The van der Waals surface area contributed by atoms with Crippen molar-refractivity contribution in [3.05, 3.63) is 17.0 Å². The molecule has 0 amide bonds. The first-order valence-electron chi connectivity index (χ1n) is 8.06. The number of ether oxygens (including phenoxy) is 1. The van der Waals surface area contributed by atoms with Gasteiger partial charge in [-0.1, -0.05) is 37.8 Å². The zero-order valence-electron chi connectivity index (χ0n) is 13.1. The highest BCUT2D eigenvalue weighted by molar-refractivity contribution is 6.29. The number of nitrogens with one attached hydrogen (secondary N) is 1. The third-order valence-corrected chi connectivity index (χ3v) is 4.49. The van der Waals surface area contributed by atoms with E-state index in [4.69, 9.17) is 16.3 Å². The summed E-state index contributed by atoms with van der Waals surface area (Å²) < 4.78 is 5.34. The SMILES string of the molecule is CCOCc1nc(Cl)cc(NCC2CCC(CC)CC2)n1. The summed E-state index contributed by atoms with van der Waals surface area (Å²) in [4.78, 5) is 8.63. The Morgan fingerprint density at radius 2 is 1.90 bits per heavy atom. The number of hydrogen-bond donors (Lipinski definition) is 1. The second-order valence-corrected chi connectivity index (χ2v) is 6.19. The first kappa shape index (κ1) is 16.5. The molecule has 1 saturated carbocycles. The maximum atomic E-state index is 6.04. The van der Waals surface area contributed by atoms with Gasteiger partial charge in [0.15, 0.2) is 5.82 Å². The minimum absolute atomic E-state index is 0.410. The fourth-order valence-corrected chi connectivity index (χ4v) is 3.11. The van der Waals surface area contributed by atoms with Crippen LogP contribution in [0.25, 0.3) is 0 Å². The minimum atomic E-state index is 0.410. The summed E-state index contributed by atoms with van der Waals surface area (Å²) in [6, 6.07) is 1.79. The van der Waals surface area contributed by atoms with Crippen LogP contribution in [-0.2, 0) is 11.3 Å². The predicted octanol–water partition coefficient (Wildman–Crippen LogP) is 4.29. The van der Waals surface area contributed by atoms with Crippen LogP contribution in [0.2, 0.25) is 5.15 Å². The Labute approximate surface area is 132 Å². The van der Waals surface area contributed by atoms with Crippen molar-refractivity contribution >= 4 is 17.4 Å². The van der Waals surface area contributed by atoms with Crippen LogP contribution in [0.3, 0.4) is 0 Å². The van der Waals surface area contributed by atoms with Crippen LogP contribution in [0.4, 0.5) is 5.82 Å². The lowest BCUT2D eigenvalue weighted by atomic mass is 9.81. The Kier molecular flexibility index (Phi) is 6.71. The van der Waals surface area contributed by atoms with E-state index in [-0.39, 0.29) is 0 Å². The number of anilines is 1. The standard InChI is InChI=1S/C16H26ClN3O/c1-3-12-5-7-13(8-6-12)10-18-15-9-14(17)19-16(20-15)11-21-4-2/h9,12-13H,3-8,10-11H2,1-2H3,(H,18,19,20). The van der Waals surface area contributed by atoms with E-state index in [2.05, 4.69) is 22.2 Å². The molecule has 0 aliphatic heterocycles. The van der Waals surface area contributed by atoms with Crippen molar-refractivity contribution < 1.29 is 4.74 Å². The van der Waals surface area contributed by atoms with E-state index in [1.165, 1.54) is 32.1 Å². The van der Waals surface area contributed by atoms with Crippen LogP contribution in [0.1, 0.15) is 51.8 Å². The third-order valence-electron chi connectivity index (χ3n) is 4.29. The van der Waals surface area contributed by atoms with E-state index >= 15 is 0 Å². The molecule has 5 heteroatoms. The Morgan fingerprint density at radius 3 is 2.57 bits per heavy atom. The second-order valence-electron chi connectivity index (χ2n) is 5.81. The average molecular weight is 312 g/mol. The second kappa shape index (κ2) is 8.54. The molecule has 1 N–H and O–H groups in total. The summed E-state index contributed by atoms with van der Waals surface area (Å²) in [7, 11) is 0. The maximum Gasteiger partial charge on any atom is 0.158 e. The molecule has 0 atom stereocenters.